The van der Waals surface area contributed by atoms with E-state index in [4.69, 9.17) is 0 Å². The van der Waals surface area contributed by atoms with Crippen molar-refractivity contribution in [2.45, 2.75) is 90.6 Å². The Morgan fingerprint density at radius 1 is 0.789 bits per heavy atom. The van der Waals surface area contributed by atoms with Crippen LogP contribution in [0.1, 0.15) is 84.5 Å². The first kappa shape index (κ1) is 18.9. The highest BCUT2D eigenvalue weighted by Crippen LogP contribution is 2.12. The standard InChI is InChI=1S/C16H35NO2/c1-3-5-6-7-8-9-10-11-12-13-14-16(18)15-17(19)4-2/h16,18-19H,3-15H2,1-2H3. The van der Waals surface area contributed by atoms with Crippen molar-refractivity contribution in [3.05, 3.63) is 0 Å². The highest BCUT2D eigenvalue weighted by Gasteiger charge is 2.07. The number of rotatable bonds is 14. The molecule has 1 atom stereocenters. The molecule has 0 aromatic carbocycles. The fraction of sp³-hybridized carbons (Fsp3) is 1.00. The zero-order chi connectivity index (χ0) is 14.3. The second-order valence-electron chi connectivity index (χ2n) is 5.63. The molecule has 19 heavy (non-hydrogen) atoms. The molecule has 0 amide bonds. The number of hydroxylamine groups is 2. The third-order valence-electron chi connectivity index (χ3n) is 3.68. The van der Waals surface area contributed by atoms with E-state index in [9.17, 15) is 10.3 Å². The molecule has 116 valence electrons. The van der Waals surface area contributed by atoms with Gasteiger partial charge in [0.15, 0.2) is 0 Å². The molecular formula is C16H35NO2. The third kappa shape index (κ3) is 14.1. The zero-order valence-electron chi connectivity index (χ0n) is 13.1. The van der Waals surface area contributed by atoms with Crippen molar-refractivity contribution < 1.29 is 10.3 Å². The van der Waals surface area contributed by atoms with Gasteiger partial charge in [0.25, 0.3) is 0 Å². The van der Waals surface area contributed by atoms with E-state index in [0.717, 1.165) is 12.8 Å². The van der Waals surface area contributed by atoms with E-state index in [-0.39, 0.29) is 6.10 Å². The molecule has 0 fully saturated rings. The molecule has 0 bridgehead atoms. The molecule has 0 radical (unpaired) electrons. The van der Waals surface area contributed by atoms with Crippen LogP contribution < -0.4 is 0 Å². The Morgan fingerprint density at radius 3 is 1.74 bits per heavy atom. The number of nitrogens with zero attached hydrogens (tertiary/aromatic N) is 1. The summed E-state index contributed by atoms with van der Waals surface area (Å²) >= 11 is 0. The van der Waals surface area contributed by atoms with Gasteiger partial charge in [-0.15, -0.1) is 0 Å². The zero-order valence-corrected chi connectivity index (χ0v) is 13.1. The lowest BCUT2D eigenvalue weighted by molar-refractivity contribution is -0.110. The first-order chi connectivity index (χ1) is 9.20. The van der Waals surface area contributed by atoms with Gasteiger partial charge in [0.2, 0.25) is 0 Å². The van der Waals surface area contributed by atoms with Crippen molar-refractivity contribution in [2.24, 2.45) is 0 Å². The van der Waals surface area contributed by atoms with E-state index in [1.54, 1.807) is 0 Å². The van der Waals surface area contributed by atoms with Gasteiger partial charge in [0.05, 0.1) is 6.10 Å². The van der Waals surface area contributed by atoms with Crippen molar-refractivity contribution in [1.82, 2.24) is 5.06 Å². The lowest BCUT2D eigenvalue weighted by Gasteiger charge is -2.16. The van der Waals surface area contributed by atoms with Gasteiger partial charge < -0.3 is 10.3 Å². The summed E-state index contributed by atoms with van der Waals surface area (Å²) in [7, 11) is 0. The van der Waals surface area contributed by atoms with Crippen LogP contribution in [0.2, 0.25) is 0 Å². The molecule has 0 spiro atoms. The molecule has 0 saturated carbocycles. The number of likely N-dealkylation sites (N-methyl/N-ethyl adjacent to an activating group) is 1. The molecule has 0 aromatic heterocycles. The van der Waals surface area contributed by atoms with E-state index < -0.39 is 0 Å². The number of hydrogen-bond acceptors (Lipinski definition) is 3. The predicted octanol–water partition coefficient (Wildman–Crippen LogP) is 4.37. The minimum atomic E-state index is -0.376. The maximum absolute atomic E-state index is 9.67. The number of unbranched alkanes of at least 4 members (excludes halogenated alkanes) is 9. The number of aliphatic hydroxyl groups is 1. The van der Waals surface area contributed by atoms with Gasteiger partial charge >= 0.3 is 0 Å². The summed E-state index contributed by atoms with van der Waals surface area (Å²) in [6.07, 6.45) is 13.6. The van der Waals surface area contributed by atoms with Gasteiger partial charge in [-0.25, -0.2) is 0 Å². The lowest BCUT2D eigenvalue weighted by Crippen LogP contribution is -2.29. The molecule has 0 heterocycles. The van der Waals surface area contributed by atoms with Crippen LogP contribution in [0.15, 0.2) is 0 Å². The maximum atomic E-state index is 9.67. The first-order valence-corrected chi connectivity index (χ1v) is 8.32. The Kier molecular flexibility index (Phi) is 14.2. The van der Waals surface area contributed by atoms with Crippen molar-refractivity contribution in [3.8, 4) is 0 Å². The summed E-state index contributed by atoms with van der Waals surface area (Å²) in [5.41, 5.74) is 0. The SMILES string of the molecule is CCCCCCCCCCCCC(O)CN(O)CC. The minimum absolute atomic E-state index is 0.376. The van der Waals surface area contributed by atoms with Gasteiger partial charge in [0.1, 0.15) is 0 Å². The first-order valence-electron chi connectivity index (χ1n) is 8.32. The van der Waals surface area contributed by atoms with E-state index in [2.05, 4.69) is 6.92 Å². The smallest absolute Gasteiger partial charge is 0.0690 e. The van der Waals surface area contributed by atoms with Crippen LogP contribution in [0.5, 0.6) is 0 Å². The normalized spacial score (nSPS) is 13.1. The maximum Gasteiger partial charge on any atom is 0.0690 e. The van der Waals surface area contributed by atoms with Gasteiger partial charge in [-0.1, -0.05) is 78.1 Å². The second kappa shape index (κ2) is 14.3. The van der Waals surface area contributed by atoms with Gasteiger partial charge in [-0.3, -0.25) is 0 Å². The van der Waals surface area contributed by atoms with Crippen LogP contribution in [0, 0.1) is 0 Å². The fourth-order valence-electron chi connectivity index (χ4n) is 2.33. The molecular weight excluding hydrogens is 238 g/mol. The summed E-state index contributed by atoms with van der Waals surface area (Å²) in [5, 5.41) is 20.1. The summed E-state index contributed by atoms with van der Waals surface area (Å²) in [4.78, 5) is 0. The average Bonchev–Trinajstić information content (AvgIpc) is 2.40. The van der Waals surface area contributed by atoms with Crippen LogP contribution in [-0.4, -0.2) is 34.6 Å². The summed E-state index contributed by atoms with van der Waals surface area (Å²) in [5.74, 6) is 0. The van der Waals surface area contributed by atoms with Crippen LogP contribution in [0.4, 0.5) is 0 Å². The molecule has 2 N–H and O–H groups in total. The molecule has 0 rings (SSSR count). The Hall–Kier alpha value is -0.120. The fourth-order valence-corrected chi connectivity index (χ4v) is 2.33. The van der Waals surface area contributed by atoms with Gasteiger partial charge in [-0.05, 0) is 6.42 Å². The molecule has 0 saturated heterocycles. The average molecular weight is 273 g/mol. The van der Waals surface area contributed by atoms with Crippen LogP contribution in [0.25, 0.3) is 0 Å². The second-order valence-corrected chi connectivity index (χ2v) is 5.63. The molecule has 3 heteroatoms. The summed E-state index contributed by atoms with van der Waals surface area (Å²) in [6.45, 7) is 5.10. The summed E-state index contributed by atoms with van der Waals surface area (Å²) < 4.78 is 0. The van der Waals surface area contributed by atoms with Crippen molar-refractivity contribution >= 4 is 0 Å². The molecule has 0 aliphatic heterocycles. The van der Waals surface area contributed by atoms with E-state index in [0.29, 0.717) is 13.1 Å². The summed E-state index contributed by atoms with van der Waals surface area (Å²) in [6, 6.07) is 0. The molecule has 0 aliphatic carbocycles. The van der Waals surface area contributed by atoms with Crippen LogP contribution >= 0.6 is 0 Å². The quantitative estimate of drug-likeness (QED) is 0.365. The van der Waals surface area contributed by atoms with Crippen molar-refractivity contribution in [1.29, 1.82) is 0 Å². The topological polar surface area (TPSA) is 43.7 Å². The molecule has 0 aromatic rings. The molecule has 3 nitrogen and oxygen atoms in total. The van der Waals surface area contributed by atoms with E-state index in [1.165, 1.54) is 62.9 Å². The predicted molar refractivity (Wildman–Crippen MR) is 81.5 cm³/mol. The van der Waals surface area contributed by atoms with Crippen LogP contribution in [0.3, 0.4) is 0 Å². The van der Waals surface area contributed by atoms with Gasteiger partial charge in [0, 0.05) is 13.1 Å². The van der Waals surface area contributed by atoms with E-state index in [1.807, 2.05) is 6.92 Å². The molecule has 1 unspecified atom stereocenters. The van der Waals surface area contributed by atoms with Crippen molar-refractivity contribution in [3.63, 3.8) is 0 Å². The third-order valence-corrected chi connectivity index (χ3v) is 3.68. The number of hydrogen-bond donors (Lipinski definition) is 2. The highest BCUT2D eigenvalue weighted by molar-refractivity contribution is 4.58. The molecule has 0 aliphatic rings. The highest BCUT2D eigenvalue weighted by atomic mass is 16.5. The largest absolute Gasteiger partial charge is 0.392 e. The monoisotopic (exact) mass is 273 g/mol. The van der Waals surface area contributed by atoms with Gasteiger partial charge in [-0.2, -0.15) is 5.06 Å². The Bertz CT molecular complexity index is 176. The lowest BCUT2D eigenvalue weighted by atomic mass is 10.0. The Morgan fingerprint density at radius 2 is 1.26 bits per heavy atom. The minimum Gasteiger partial charge on any atom is -0.392 e. The van der Waals surface area contributed by atoms with Crippen LogP contribution in [-0.2, 0) is 0 Å². The van der Waals surface area contributed by atoms with Crippen molar-refractivity contribution in [2.75, 3.05) is 13.1 Å². The number of aliphatic hydroxyl groups excluding tert-OH is 1. The van der Waals surface area contributed by atoms with E-state index >= 15 is 0 Å². The Balaban J connectivity index is 3.13. The Labute approximate surface area is 120 Å².